The molecular formula is C14H23N3O2. The molecule has 5 heteroatoms. The highest BCUT2D eigenvalue weighted by Crippen LogP contribution is 2.25. The van der Waals surface area contributed by atoms with E-state index in [-0.39, 0.29) is 12.0 Å². The normalized spacial score (nSPS) is 11.3. The Labute approximate surface area is 114 Å². The van der Waals surface area contributed by atoms with Gasteiger partial charge >= 0.3 is 0 Å². The quantitative estimate of drug-likeness (QED) is 0.562. The van der Waals surface area contributed by atoms with Gasteiger partial charge in [-0.05, 0) is 36.5 Å². The van der Waals surface area contributed by atoms with Crippen molar-refractivity contribution in [3.05, 3.63) is 23.8 Å². The number of carbonyl (C=O) groups is 1. The molecule has 0 radical (unpaired) electrons. The molecule has 0 bridgehead atoms. The summed E-state index contributed by atoms with van der Waals surface area (Å²) < 4.78 is 0. The molecule has 0 saturated carbocycles. The monoisotopic (exact) mass is 265 g/mol. The van der Waals surface area contributed by atoms with Gasteiger partial charge in [-0.3, -0.25) is 4.79 Å². The Morgan fingerprint density at radius 2 is 2.11 bits per heavy atom. The van der Waals surface area contributed by atoms with E-state index < -0.39 is 5.91 Å². The van der Waals surface area contributed by atoms with Gasteiger partial charge < -0.3 is 21.9 Å². The van der Waals surface area contributed by atoms with Gasteiger partial charge in [-0.25, -0.2) is 0 Å². The molecule has 6 N–H and O–H groups in total. The van der Waals surface area contributed by atoms with Gasteiger partial charge in [-0.15, -0.1) is 0 Å². The van der Waals surface area contributed by atoms with Gasteiger partial charge in [0.1, 0.15) is 0 Å². The van der Waals surface area contributed by atoms with Crippen LogP contribution in [0.1, 0.15) is 37.0 Å². The van der Waals surface area contributed by atoms with Crippen molar-refractivity contribution in [3.63, 3.8) is 0 Å². The first-order valence-corrected chi connectivity index (χ1v) is 6.40. The number of nitrogens with one attached hydrogen (secondary N) is 1. The largest absolute Gasteiger partial charge is 0.397 e. The summed E-state index contributed by atoms with van der Waals surface area (Å²) in [4.78, 5) is 11.1. The van der Waals surface area contributed by atoms with Gasteiger partial charge in [0.05, 0.1) is 11.4 Å². The van der Waals surface area contributed by atoms with Crippen molar-refractivity contribution >= 4 is 17.3 Å². The van der Waals surface area contributed by atoms with E-state index >= 15 is 0 Å². The minimum atomic E-state index is -0.470. The molecule has 1 amide bonds. The maximum Gasteiger partial charge on any atom is 0.248 e. The van der Waals surface area contributed by atoms with Crippen molar-refractivity contribution in [2.75, 3.05) is 24.2 Å². The number of aliphatic hydroxyl groups is 1. The van der Waals surface area contributed by atoms with E-state index in [4.69, 9.17) is 16.6 Å². The zero-order valence-corrected chi connectivity index (χ0v) is 11.6. The van der Waals surface area contributed by atoms with E-state index in [9.17, 15) is 4.79 Å². The van der Waals surface area contributed by atoms with Crippen molar-refractivity contribution in [2.24, 2.45) is 11.1 Å². The Balaban J connectivity index is 2.71. The fraction of sp³-hybridized carbons (Fsp3) is 0.500. The molecule has 0 aliphatic heterocycles. The number of aliphatic hydroxyl groups excluding tert-OH is 1. The number of anilines is 2. The minimum Gasteiger partial charge on any atom is -0.397 e. The van der Waals surface area contributed by atoms with Crippen LogP contribution in [0.15, 0.2) is 18.2 Å². The second kappa shape index (κ2) is 6.43. The average Bonchev–Trinajstić information content (AvgIpc) is 2.35. The molecule has 1 rings (SSSR count). The van der Waals surface area contributed by atoms with Gasteiger partial charge in [0.15, 0.2) is 0 Å². The van der Waals surface area contributed by atoms with Crippen LogP contribution in [0, 0.1) is 5.41 Å². The fourth-order valence-electron chi connectivity index (χ4n) is 1.84. The number of amides is 1. The van der Waals surface area contributed by atoms with Gasteiger partial charge in [0.2, 0.25) is 5.91 Å². The Morgan fingerprint density at radius 1 is 1.42 bits per heavy atom. The summed E-state index contributed by atoms with van der Waals surface area (Å²) in [5.74, 6) is -0.470. The zero-order valence-electron chi connectivity index (χ0n) is 11.6. The first kappa shape index (κ1) is 15.3. The molecule has 0 aliphatic rings. The number of benzene rings is 1. The second-order valence-electron chi connectivity index (χ2n) is 5.51. The van der Waals surface area contributed by atoms with Crippen LogP contribution in [0.5, 0.6) is 0 Å². The smallest absolute Gasteiger partial charge is 0.248 e. The van der Waals surface area contributed by atoms with E-state index in [1.54, 1.807) is 18.2 Å². The average molecular weight is 265 g/mol. The van der Waals surface area contributed by atoms with Gasteiger partial charge in [0, 0.05) is 18.7 Å². The van der Waals surface area contributed by atoms with Gasteiger partial charge in [0.25, 0.3) is 0 Å². The number of hydrogen-bond donors (Lipinski definition) is 4. The summed E-state index contributed by atoms with van der Waals surface area (Å²) >= 11 is 0. The van der Waals surface area contributed by atoms with Crippen molar-refractivity contribution < 1.29 is 9.90 Å². The molecule has 0 fully saturated rings. The van der Waals surface area contributed by atoms with Crippen LogP contribution in [0.4, 0.5) is 11.4 Å². The summed E-state index contributed by atoms with van der Waals surface area (Å²) in [6.07, 6.45) is 1.68. The lowest BCUT2D eigenvalue weighted by Gasteiger charge is -2.25. The molecule has 0 saturated heterocycles. The Bertz CT molecular complexity index is 444. The van der Waals surface area contributed by atoms with Crippen LogP contribution in [0.25, 0.3) is 0 Å². The molecule has 0 aromatic heterocycles. The minimum absolute atomic E-state index is 0.0396. The van der Waals surface area contributed by atoms with E-state index in [2.05, 4.69) is 19.2 Å². The lowest BCUT2D eigenvalue weighted by Crippen LogP contribution is -2.24. The van der Waals surface area contributed by atoms with Crippen LogP contribution in [0.2, 0.25) is 0 Å². The van der Waals surface area contributed by atoms with Gasteiger partial charge in [-0.2, -0.15) is 0 Å². The first-order chi connectivity index (χ1) is 8.85. The number of primary amides is 1. The third-order valence-electron chi connectivity index (χ3n) is 3.11. The highest BCUT2D eigenvalue weighted by atomic mass is 16.2. The standard InChI is InChI=1S/C14H23N3O2/c1-14(2,6-3-7-18)9-17-12-8-10(13(16)19)4-5-11(12)15/h4-5,8,17-18H,3,6-7,9,15H2,1-2H3,(H2,16,19). The number of carbonyl (C=O) groups excluding carboxylic acids is 1. The van der Waals surface area contributed by atoms with E-state index in [0.717, 1.165) is 12.8 Å². The van der Waals surface area contributed by atoms with Crippen LogP contribution < -0.4 is 16.8 Å². The van der Waals surface area contributed by atoms with E-state index in [0.29, 0.717) is 23.5 Å². The van der Waals surface area contributed by atoms with Gasteiger partial charge in [-0.1, -0.05) is 13.8 Å². The summed E-state index contributed by atoms with van der Waals surface area (Å²) in [5, 5.41) is 12.1. The predicted octanol–water partition coefficient (Wildman–Crippen LogP) is 1.58. The number of nitrogens with two attached hydrogens (primary N) is 2. The van der Waals surface area contributed by atoms with Crippen LogP contribution in [-0.4, -0.2) is 24.2 Å². The lowest BCUT2D eigenvalue weighted by atomic mass is 9.88. The summed E-state index contributed by atoms with van der Waals surface area (Å²) in [7, 11) is 0. The summed E-state index contributed by atoms with van der Waals surface area (Å²) in [5.41, 5.74) is 12.9. The SMILES string of the molecule is CC(C)(CCCO)CNc1cc(C(N)=O)ccc1N. The van der Waals surface area contributed by atoms with Crippen molar-refractivity contribution in [1.82, 2.24) is 0 Å². The molecule has 1 aromatic carbocycles. The molecule has 19 heavy (non-hydrogen) atoms. The maximum absolute atomic E-state index is 11.1. The molecule has 0 atom stereocenters. The third-order valence-corrected chi connectivity index (χ3v) is 3.11. The predicted molar refractivity (Wildman–Crippen MR) is 78.0 cm³/mol. The number of hydrogen-bond acceptors (Lipinski definition) is 4. The summed E-state index contributed by atoms with van der Waals surface area (Å²) in [6, 6.07) is 4.95. The molecule has 5 nitrogen and oxygen atoms in total. The molecule has 0 unspecified atom stereocenters. The Hall–Kier alpha value is -1.75. The molecule has 0 heterocycles. The zero-order chi connectivity index (χ0) is 14.5. The Kier molecular flexibility index (Phi) is 5.18. The second-order valence-corrected chi connectivity index (χ2v) is 5.51. The van der Waals surface area contributed by atoms with Crippen LogP contribution in [-0.2, 0) is 0 Å². The Morgan fingerprint density at radius 3 is 2.68 bits per heavy atom. The van der Waals surface area contributed by atoms with E-state index in [1.807, 2.05) is 0 Å². The van der Waals surface area contributed by atoms with Crippen molar-refractivity contribution in [3.8, 4) is 0 Å². The van der Waals surface area contributed by atoms with Crippen LogP contribution >= 0.6 is 0 Å². The topological polar surface area (TPSA) is 101 Å². The number of rotatable bonds is 7. The maximum atomic E-state index is 11.1. The highest BCUT2D eigenvalue weighted by Gasteiger charge is 2.17. The molecule has 1 aromatic rings. The lowest BCUT2D eigenvalue weighted by molar-refractivity contribution is 0.100. The highest BCUT2D eigenvalue weighted by molar-refractivity contribution is 5.94. The summed E-state index contributed by atoms with van der Waals surface area (Å²) in [6.45, 7) is 5.13. The molecular weight excluding hydrogens is 242 g/mol. The third kappa shape index (κ3) is 4.79. The fourth-order valence-corrected chi connectivity index (χ4v) is 1.84. The first-order valence-electron chi connectivity index (χ1n) is 6.40. The van der Waals surface area contributed by atoms with Crippen LogP contribution in [0.3, 0.4) is 0 Å². The number of nitrogen functional groups attached to an aromatic ring is 1. The molecule has 0 aliphatic carbocycles. The van der Waals surface area contributed by atoms with Crippen molar-refractivity contribution in [2.45, 2.75) is 26.7 Å². The molecule has 0 spiro atoms. The van der Waals surface area contributed by atoms with E-state index in [1.165, 1.54) is 0 Å². The molecule has 106 valence electrons. The van der Waals surface area contributed by atoms with Crippen molar-refractivity contribution in [1.29, 1.82) is 0 Å².